The number of rotatable bonds is 4. The monoisotopic (exact) mass is 329 g/mol. The lowest BCUT2D eigenvalue weighted by Crippen LogP contribution is -2.36. The van der Waals surface area contributed by atoms with E-state index in [1.165, 1.54) is 0 Å². The lowest BCUT2D eigenvalue weighted by Gasteiger charge is -2.22. The molecule has 1 amide bonds. The van der Waals surface area contributed by atoms with Crippen molar-refractivity contribution < 1.29 is 14.4 Å². The molecule has 1 atom stereocenters. The zero-order valence-electron chi connectivity index (χ0n) is 13.3. The van der Waals surface area contributed by atoms with Crippen LogP contribution in [0.3, 0.4) is 0 Å². The van der Waals surface area contributed by atoms with Crippen LogP contribution in [0.1, 0.15) is 35.2 Å². The van der Waals surface area contributed by atoms with E-state index in [0.717, 1.165) is 28.5 Å². The number of nitrogens with one attached hydrogen (secondary N) is 3. The maximum atomic E-state index is 12.4. The molecule has 0 saturated carbocycles. The molecule has 1 aliphatic heterocycles. The maximum Gasteiger partial charge on any atom is 0.278 e. The van der Waals surface area contributed by atoms with Gasteiger partial charge in [0.2, 0.25) is 0 Å². The first-order valence-corrected chi connectivity index (χ1v) is 7.77. The number of benzene rings is 1. The molecule has 0 bridgehead atoms. The van der Waals surface area contributed by atoms with Gasteiger partial charge in [-0.2, -0.15) is 10.2 Å². The molecule has 1 unspecified atom stereocenters. The number of pyridine rings is 1. The van der Waals surface area contributed by atoms with E-state index in [4.69, 9.17) is 20.5 Å². The molecule has 8 nitrogen and oxygen atoms in total. The molecule has 126 valence electrons. The van der Waals surface area contributed by atoms with E-state index in [9.17, 15) is 4.79 Å². The molecule has 0 spiro atoms. The summed E-state index contributed by atoms with van der Waals surface area (Å²) < 4.78 is 6.52. The minimum atomic E-state index is -0.560. The minimum absolute atomic E-state index is 0.0832. The van der Waals surface area contributed by atoms with Crippen molar-refractivity contribution >= 4 is 16.8 Å². The van der Waals surface area contributed by atoms with Crippen LogP contribution in [0.2, 0.25) is 0 Å². The third-order valence-electron chi connectivity index (χ3n) is 4.01. The molecule has 3 N–H and O–H groups in total. The highest BCUT2D eigenvalue weighted by molar-refractivity contribution is 5.97. The summed E-state index contributed by atoms with van der Waals surface area (Å²) in [6, 6.07) is 7.13. The Morgan fingerprint density at radius 2 is 2.29 bits per heavy atom. The number of aryl methyl sites for hydroxylation is 1. The van der Waals surface area contributed by atoms with Crippen LogP contribution in [0.5, 0.6) is 0 Å². The summed E-state index contributed by atoms with van der Waals surface area (Å²) in [5, 5.41) is 12.3. The standard InChI is InChI=1S/C16H19N5O3/c1-10-5-4-6-11-9-12(15(17)21(20-18)14(10)11)16(22)19-24-13-7-2-3-8-23-13/h4-6,9,13,17-18H,2-3,7-8H2,1H3,(H,19,22). The smallest absolute Gasteiger partial charge is 0.278 e. The number of para-hydroxylation sites is 1. The van der Waals surface area contributed by atoms with Crippen molar-refractivity contribution in [2.75, 3.05) is 6.61 Å². The van der Waals surface area contributed by atoms with Gasteiger partial charge in [-0.05, 0) is 31.4 Å². The second-order valence-corrected chi connectivity index (χ2v) is 5.68. The van der Waals surface area contributed by atoms with Crippen LogP contribution in [0.15, 0.2) is 29.5 Å². The van der Waals surface area contributed by atoms with Crippen LogP contribution in [0, 0.1) is 17.9 Å². The molecule has 1 saturated heterocycles. The van der Waals surface area contributed by atoms with Gasteiger partial charge in [0.1, 0.15) is 0 Å². The van der Waals surface area contributed by atoms with Gasteiger partial charge in [-0.3, -0.25) is 10.2 Å². The van der Waals surface area contributed by atoms with Gasteiger partial charge in [0.15, 0.2) is 11.8 Å². The Hall–Kier alpha value is -2.58. The third-order valence-corrected chi connectivity index (χ3v) is 4.01. The largest absolute Gasteiger partial charge is 0.350 e. The molecule has 2 heterocycles. The third kappa shape index (κ3) is 3.06. The topological polar surface area (TPSA) is 113 Å². The predicted molar refractivity (Wildman–Crippen MR) is 85.2 cm³/mol. The average molecular weight is 329 g/mol. The molecule has 24 heavy (non-hydrogen) atoms. The van der Waals surface area contributed by atoms with E-state index in [1.54, 1.807) is 6.07 Å². The quantitative estimate of drug-likeness (QED) is 0.591. The highest BCUT2D eigenvalue weighted by atomic mass is 16.8. The summed E-state index contributed by atoms with van der Waals surface area (Å²) in [5.74, 6) is -0.560. The van der Waals surface area contributed by atoms with Crippen LogP contribution in [0.4, 0.5) is 0 Å². The molecule has 2 aromatic rings. The van der Waals surface area contributed by atoms with E-state index in [2.05, 4.69) is 10.7 Å². The van der Waals surface area contributed by atoms with E-state index in [0.29, 0.717) is 18.5 Å². The van der Waals surface area contributed by atoms with Crippen LogP contribution < -0.4 is 11.0 Å². The van der Waals surface area contributed by atoms with Gasteiger partial charge >= 0.3 is 0 Å². The molecular weight excluding hydrogens is 310 g/mol. The molecule has 8 heteroatoms. The Morgan fingerprint density at radius 3 is 3.00 bits per heavy atom. The fourth-order valence-electron chi connectivity index (χ4n) is 2.79. The summed E-state index contributed by atoms with van der Waals surface area (Å²) in [4.78, 5) is 17.6. The maximum absolute atomic E-state index is 12.4. The van der Waals surface area contributed by atoms with Crippen molar-refractivity contribution in [2.45, 2.75) is 32.5 Å². The summed E-state index contributed by atoms with van der Waals surface area (Å²) in [6.07, 6.45) is 2.22. The number of hydroxylamine groups is 1. The van der Waals surface area contributed by atoms with E-state index < -0.39 is 12.2 Å². The van der Waals surface area contributed by atoms with Gasteiger partial charge in [-0.15, -0.1) is 0 Å². The van der Waals surface area contributed by atoms with Gasteiger partial charge in [-0.1, -0.05) is 23.4 Å². The molecular formula is C16H19N5O3. The summed E-state index contributed by atoms with van der Waals surface area (Å²) in [5.41, 5.74) is 11.1. The number of hydrogen-bond donors (Lipinski definition) is 3. The highest BCUT2D eigenvalue weighted by Crippen LogP contribution is 2.18. The number of aromatic nitrogens is 1. The number of carbonyl (C=O) groups is 1. The molecule has 1 fully saturated rings. The van der Waals surface area contributed by atoms with Crippen molar-refractivity contribution in [1.29, 1.82) is 10.9 Å². The Labute approximate surface area is 138 Å². The second kappa shape index (κ2) is 6.90. The molecule has 1 aromatic carbocycles. The molecule has 0 aliphatic carbocycles. The van der Waals surface area contributed by atoms with Crippen molar-refractivity contribution in [2.24, 2.45) is 5.22 Å². The number of ether oxygens (including phenoxy) is 1. The fraction of sp³-hybridized carbons (Fsp3) is 0.375. The Bertz CT molecular complexity index is 839. The summed E-state index contributed by atoms with van der Waals surface area (Å²) >= 11 is 0. The first-order chi connectivity index (χ1) is 11.6. The SMILES string of the molecule is Cc1cccc2cc(C(=O)NOC3CCCCO3)c(=N)n(N=N)c12. The Balaban J connectivity index is 1.91. The number of carbonyl (C=O) groups excluding carboxylic acids is 1. The van der Waals surface area contributed by atoms with Crippen molar-refractivity contribution in [3.63, 3.8) is 0 Å². The van der Waals surface area contributed by atoms with Crippen molar-refractivity contribution in [1.82, 2.24) is 10.2 Å². The molecule has 0 radical (unpaired) electrons. The van der Waals surface area contributed by atoms with Gasteiger partial charge in [0.05, 0.1) is 11.1 Å². The minimum Gasteiger partial charge on any atom is -0.350 e. The van der Waals surface area contributed by atoms with E-state index >= 15 is 0 Å². The lowest BCUT2D eigenvalue weighted by molar-refractivity contribution is -0.186. The van der Waals surface area contributed by atoms with E-state index in [1.807, 2.05) is 25.1 Å². The van der Waals surface area contributed by atoms with Crippen LogP contribution in [-0.2, 0) is 9.57 Å². The van der Waals surface area contributed by atoms with Gasteiger partial charge in [0, 0.05) is 18.4 Å². The first-order valence-electron chi connectivity index (χ1n) is 7.77. The second-order valence-electron chi connectivity index (χ2n) is 5.68. The molecule has 1 aromatic heterocycles. The average Bonchev–Trinajstić information content (AvgIpc) is 2.60. The molecule has 1 aliphatic rings. The number of fused-ring (bicyclic) bond motifs is 1. The van der Waals surface area contributed by atoms with Crippen LogP contribution in [-0.4, -0.2) is 23.5 Å². The van der Waals surface area contributed by atoms with Crippen molar-refractivity contribution in [3.05, 3.63) is 40.9 Å². The molecule has 3 rings (SSSR count). The summed E-state index contributed by atoms with van der Waals surface area (Å²) in [6.45, 7) is 2.48. The van der Waals surface area contributed by atoms with Crippen LogP contribution in [0.25, 0.3) is 10.9 Å². The highest BCUT2D eigenvalue weighted by Gasteiger charge is 2.18. The number of hydrogen-bond acceptors (Lipinski definition) is 6. The fourth-order valence-corrected chi connectivity index (χ4v) is 2.79. The normalized spacial score (nSPS) is 17.6. The Morgan fingerprint density at radius 1 is 1.46 bits per heavy atom. The van der Waals surface area contributed by atoms with Gasteiger partial charge < -0.3 is 4.74 Å². The van der Waals surface area contributed by atoms with Gasteiger partial charge in [0.25, 0.3) is 5.91 Å². The van der Waals surface area contributed by atoms with Gasteiger partial charge in [-0.25, -0.2) is 10.3 Å². The number of nitrogens with zero attached hydrogens (tertiary/aromatic N) is 2. The Kier molecular flexibility index (Phi) is 4.68. The summed E-state index contributed by atoms with van der Waals surface area (Å²) in [7, 11) is 0. The van der Waals surface area contributed by atoms with E-state index in [-0.39, 0.29) is 11.1 Å². The van der Waals surface area contributed by atoms with Crippen LogP contribution >= 0.6 is 0 Å². The predicted octanol–water partition coefficient (Wildman–Crippen LogP) is 2.41. The zero-order chi connectivity index (χ0) is 17.1. The van der Waals surface area contributed by atoms with Crippen molar-refractivity contribution in [3.8, 4) is 0 Å². The first kappa shape index (κ1) is 16.3. The number of amides is 1. The lowest BCUT2D eigenvalue weighted by atomic mass is 10.1. The zero-order valence-corrected chi connectivity index (χ0v) is 13.3.